The van der Waals surface area contributed by atoms with Gasteiger partial charge in [-0.05, 0) is 30.9 Å². The van der Waals surface area contributed by atoms with Crippen LogP contribution >= 0.6 is 0 Å². The van der Waals surface area contributed by atoms with E-state index in [4.69, 9.17) is 9.15 Å². The van der Waals surface area contributed by atoms with E-state index in [1.807, 2.05) is 0 Å². The molecule has 1 amide bonds. The van der Waals surface area contributed by atoms with Crippen molar-refractivity contribution in [2.75, 3.05) is 52.4 Å². The number of nitrogens with one attached hydrogen (secondary N) is 1. The van der Waals surface area contributed by atoms with Crippen LogP contribution in [0.1, 0.15) is 43.2 Å². The predicted octanol–water partition coefficient (Wildman–Crippen LogP) is 2.22. The number of carbonyl (C=O) groups is 1. The summed E-state index contributed by atoms with van der Waals surface area (Å²) in [6, 6.07) is 3.41. The van der Waals surface area contributed by atoms with Crippen molar-refractivity contribution >= 4 is 5.91 Å². The second kappa shape index (κ2) is 10.1. The van der Waals surface area contributed by atoms with E-state index in [0.717, 1.165) is 51.8 Å². The van der Waals surface area contributed by atoms with Gasteiger partial charge in [0, 0.05) is 45.8 Å². The van der Waals surface area contributed by atoms with Gasteiger partial charge in [0.25, 0.3) is 5.91 Å². The molecular formula is C20H33N3O3. The maximum absolute atomic E-state index is 11.8. The van der Waals surface area contributed by atoms with Gasteiger partial charge >= 0.3 is 0 Å². The maximum Gasteiger partial charge on any atom is 0.287 e. The Kier molecular flexibility index (Phi) is 7.53. The van der Waals surface area contributed by atoms with Gasteiger partial charge in [0.15, 0.2) is 5.76 Å². The van der Waals surface area contributed by atoms with Gasteiger partial charge in [0.2, 0.25) is 0 Å². The summed E-state index contributed by atoms with van der Waals surface area (Å²) in [6.07, 6.45) is 7.24. The molecule has 0 aromatic carbocycles. The molecule has 2 aliphatic rings. The van der Waals surface area contributed by atoms with Gasteiger partial charge in [-0.1, -0.05) is 19.8 Å². The van der Waals surface area contributed by atoms with E-state index in [1.165, 1.54) is 31.9 Å². The highest BCUT2D eigenvalue weighted by molar-refractivity contribution is 5.91. The van der Waals surface area contributed by atoms with Crippen molar-refractivity contribution in [3.8, 4) is 0 Å². The van der Waals surface area contributed by atoms with Crippen LogP contribution in [0.4, 0.5) is 0 Å². The van der Waals surface area contributed by atoms with Crippen molar-refractivity contribution in [1.82, 2.24) is 15.1 Å². The lowest BCUT2D eigenvalue weighted by atomic mass is 9.88. The average Bonchev–Trinajstić information content (AvgIpc) is 3.19. The minimum Gasteiger partial charge on any atom is -0.459 e. The molecule has 1 aliphatic heterocycles. The largest absolute Gasteiger partial charge is 0.459 e. The molecule has 2 fully saturated rings. The fourth-order valence-electron chi connectivity index (χ4n) is 3.92. The molecule has 1 saturated carbocycles. The lowest BCUT2D eigenvalue weighted by Crippen LogP contribution is -2.49. The van der Waals surface area contributed by atoms with E-state index in [9.17, 15) is 4.79 Å². The summed E-state index contributed by atoms with van der Waals surface area (Å²) in [4.78, 5) is 16.7. The fraction of sp³-hybridized carbons (Fsp3) is 0.750. The monoisotopic (exact) mass is 363 g/mol. The van der Waals surface area contributed by atoms with Gasteiger partial charge in [0.05, 0.1) is 19.0 Å². The zero-order valence-electron chi connectivity index (χ0n) is 16.0. The van der Waals surface area contributed by atoms with E-state index >= 15 is 0 Å². The first kappa shape index (κ1) is 19.4. The van der Waals surface area contributed by atoms with Crippen LogP contribution in [0.5, 0.6) is 0 Å². The highest BCUT2D eigenvalue weighted by Gasteiger charge is 2.22. The second-order valence-corrected chi connectivity index (χ2v) is 7.59. The van der Waals surface area contributed by atoms with Crippen LogP contribution < -0.4 is 5.32 Å². The molecule has 1 aromatic heterocycles. The van der Waals surface area contributed by atoms with Gasteiger partial charge in [0.1, 0.15) is 0 Å². The Morgan fingerprint density at radius 1 is 1.19 bits per heavy atom. The Balaban J connectivity index is 1.24. The van der Waals surface area contributed by atoms with Crippen LogP contribution in [-0.2, 0) is 4.74 Å². The van der Waals surface area contributed by atoms with Crippen molar-refractivity contribution < 1.29 is 13.9 Å². The topological polar surface area (TPSA) is 58.0 Å². The average molecular weight is 364 g/mol. The Morgan fingerprint density at radius 3 is 2.62 bits per heavy atom. The normalized spacial score (nSPS) is 25.3. The van der Waals surface area contributed by atoms with Crippen molar-refractivity contribution in [3.63, 3.8) is 0 Å². The van der Waals surface area contributed by atoms with Crippen LogP contribution in [0.3, 0.4) is 0 Å². The molecule has 2 atom stereocenters. The molecule has 6 nitrogen and oxygen atoms in total. The van der Waals surface area contributed by atoms with Gasteiger partial charge < -0.3 is 14.5 Å². The molecule has 3 rings (SSSR count). The number of carbonyl (C=O) groups excluding carboxylic acids is 1. The van der Waals surface area contributed by atoms with Crippen LogP contribution in [0.15, 0.2) is 22.8 Å². The third-order valence-corrected chi connectivity index (χ3v) is 5.70. The van der Waals surface area contributed by atoms with E-state index < -0.39 is 0 Å². The Bertz CT molecular complexity index is 526. The Morgan fingerprint density at radius 2 is 1.92 bits per heavy atom. The van der Waals surface area contributed by atoms with Crippen LogP contribution in [0.25, 0.3) is 0 Å². The lowest BCUT2D eigenvalue weighted by molar-refractivity contribution is -0.0179. The minimum absolute atomic E-state index is 0.136. The van der Waals surface area contributed by atoms with E-state index in [0.29, 0.717) is 18.4 Å². The van der Waals surface area contributed by atoms with Gasteiger partial charge in [-0.15, -0.1) is 0 Å². The molecule has 1 saturated heterocycles. The molecule has 2 unspecified atom stereocenters. The molecule has 1 N–H and O–H groups in total. The summed E-state index contributed by atoms with van der Waals surface area (Å²) in [5.41, 5.74) is 0. The molecule has 6 heteroatoms. The highest BCUT2D eigenvalue weighted by atomic mass is 16.5. The molecule has 0 spiro atoms. The molecule has 146 valence electrons. The zero-order valence-corrected chi connectivity index (χ0v) is 16.0. The summed E-state index contributed by atoms with van der Waals surface area (Å²) < 4.78 is 11.2. The second-order valence-electron chi connectivity index (χ2n) is 7.59. The first-order valence-electron chi connectivity index (χ1n) is 10.1. The summed E-state index contributed by atoms with van der Waals surface area (Å²) in [5, 5.41) is 2.91. The third kappa shape index (κ3) is 5.83. The fourth-order valence-corrected chi connectivity index (χ4v) is 3.92. The van der Waals surface area contributed by atoms with Gasteiger partial charge in [-0.25, -0.2) is 0 Å². The SMILES string of the molecule is CC1CCCCC1OCCN1CCN(CCNC(=O)c2ccco2)CC1. The number of piperazine rings is 1. The summed E-state index contributed by atoms with van der Waals surface area (Å²) in [5.74, 6) is 0.960. The van der Waals surface area contributed by atoms with Crippen LogP contribution in [0.2, 0.25) is 0 Å². The molecule has 26 heavy (non-hydrogen) atoms. The first-order chi connectivity index (χ1) is 12.7. The molecule has 1 aliphatic carbocycles. The van der Waals surface area contributed by atoms with Crippen molar-refractivity contribution in [2.24, 2.45) is 5.92 Å². The highest BCUT2D eigenvalue weighted by Crippen LogP contribution is 2.26. The van der Waals surface area contributed by atoms with Crippen molar-refractivity contribution in [1.29, 1.82) is 0 Å². The maximum atomic E-state index is 11.8. The van der Waals surface area contributed by atoms with E-state index in [-0.39, 0.29) is 5.91 Å². The van der Waals surface area contributed by atoms with E-state index in [1.54, 1.807) is 12.1 Å². The third-order valence-electron chi connectivity index (χ3n) is 5.70. The number of hydrogen-bond donors (Lipinski definition) is 1. The van der Waals surface area contributed by atoms with Crippen molar-refractivity contribution in [3.05, 3.63) is 24.2 Å². The number of furan rings is 1. The zero-order chi connectivity index (χ0) is 18.2. The predicted molar refractivity (Wildman–Crippen MR) is 101 cm³/mol. The van der Waals surface area contributed by atoms with Gasteiger partial charge in [-0.3, -0.25) is 14.6 Å². The van der Waals surface area contributed by atoms with Crippen LogP contribution in [0, 0.1) is 5.92 Å². The Hall–Kier alpha value is -1.37. The number of ether oxygens (including phenoxy) is 1. The van der Waals surface area contributed by atoms with E-state index in [2.05, 4.69) is 22.0 Å². The number of hydrogen-bond acceptors (Lipinski definition) is 5. The standard InChI is InChI=1S/C20H33N3O3/c1-17-5-2-3-6-18(17)26-16-14-23-12-10-22(11-13-23)9-8-21-20(24)19-7-4-15-25-19/h4,7,15,17-18H,2-3,5-6,8-14,16H2,1H3,(H,21,24). The first-order valence-corrected chi connectivity index (χ1v) is 10.1. The van der Waals surface area contributed by atoms with Gasteiger partial charge in [-0.2, -0.15) is 0 Å². The number of rotatable bonds is 8. The molecule has 0 radical (unpaired) electrons. The summed E-state index contributed by atoms with van der Waals surface area (Å²) in [7, 11) is 0. The molecular weight excluding hydrogens is 330 g/mol. The quantitative estimate of drug-likeness (QED) is 0.767. The smallest absolute Gasteiger partial charge is 0.287 e. The van der Waals surface area contributed by atoms with Crippen LogP contribution in [-0.4, -0.2) is 74.2 Å². The van der Waals surface area contributed by atoms with Crippen molar-refractivity contribution in [2.45, 2.75) is 38.7 Å². The summed E-state index contributed by atoms with van der Waals surface area (Å²) in [6.45, 7) is 10.0. The minimum atomic E-state index is -0.136. The molecule has 1 aromatic rings. The number of amides is 1. The summed E-state index contributed by atoms with van der Waals surface area (Å²) >= 11 is 0. The molecule has 2 heterocycles. The lowest BCUT2D eigenvalue weighted by Gasteiger charge is -2.35. The number of nitrogens with zero attached hydrogens (tertiary/aromatic N) is 2. The molecule has 0 bridgehead atoms. The Labute approximate surface area is 156 Å².